The van der Waals surface area contributed by atoms with Crippen LogP contribution in [-0.4, -0.2) is 20.4 Å². The van der Waals surface area contributed by atoms with Crippen molar-refractivity contribution in [1.82, 2.24) is 0 Å². The number of phenols is 4. The minimum atomic E-state index is -0.0109. The summed E-state index contributed by atoms with van der Waals surface area (Å²) in [5.74, 6) is 2.82. The van der Waals surface area contributed by atoms with Crippen LogP contribution in [0.4, 0.5) is 0 Å². The summed E-state index contributed by atoms with van der Waals surface area (Å²) in [4.78, 5) is 0. The van der Waals surface area contributed by atoms with Crippen LogP contribution in [0, 0.1) is 27.7 Å². The van der Waals surface area contributed by atoms with Crippen LogP contribution in [0.25, 0.3) is 0 Å². The predicted octanol–water partition coefficient (Wildman–Crippen LogP) is 13.5. The molecule has 0 heterocycles. The molecule has 2 aliphatic rings. The lowest BCUT2D eigenvalue weighted by Crippen LogP contribution is -2.07. The first kappa shape index (κ1) is 39.3. The summed E-state index contributed by atoms with van der Waals surface area (Å²) in [6.07, 6.45) is 12.5. The Hall–Kier alpha value is -4.41. The zero-order chi connectivity index (χ0) is 38.5. The van der Waals surface area contributed by atoms with Gasteiger partial charge in [-0.15, -0.1) is 0 Å². The standard InChI is InChI=1S/C26H34O2.C23H23ClO2/c1-18(21-12-14-25(27)23(16-21)19-8-4-2-5-9-19)22-13-15-26(28)24(17-22)20-10-6-3-7-11-20;1-13-9-18(10-14(2)22(13)25)21(17-5-7-20(24)8-6-17)19-11-15(3)23(26)16(4)12-19/h12-20,27-28H,2-11H2,1H3;5-12,21,25-26H,1-4H3. The Morgan fingerprint density at radius 2 is 0.815 bits per heavy atom. The van der Waals surface area contributed by atoms with E-state index in [0.717, 1.165) is 50.1 Å². The maximum absolute atomic E-state index is 10.5. The molecule has 5 heteroatoms. The minimum absolute atomic E-state index is 0.0109. The molecular formula is C49H57ClO4. The van der Waals surface area contributed by atoms with Crippen molar-refractivity contribution in [2.45, 2.75) is 122 Å². The fourth-order valence-corrected chi connectivity index (χ4v) is 9.03. The van der Waals surface area contributed by atoms with Gasteiger partial charge in [0.1, 0.15) is 23.0 Å². The van der Waals surface area contributed by atoms with Crippen molar-refractivity contribution in [2.75, 3.05) is 0 Å². The van der Waals surface area contributed by atoms with Gasteiger partial charge in [0, 0.05) is 16.9 Å². The molecule has 7 rings (SSSR count). The van der Waals surface area contributed by atoms with E-state index in [0.29, 0.717) is 39.9 Å². The Kier molecular flexibility index (Phi) is 12.6. The monoisotopic (exact) mass is 744 g/mol. The molecule has 0 spiro atoms. The maximum Gasteiger partial charge on any atom is 0.121 e. The number of aromatic hydroxyl groups is 4. The zero-order valence-electron chi connectivity index (χ0n) is 32.6. The van der Waals surface area contributed by atoms with Gasteiger partial charge in [-0.3, -0.25) is 0 Å². The van der Waals surface area contributed by atoms with Gasteiger partial charge in [0.25, 0.3) is 0 Å². The number of phenolic OH excluding ortho intramolecular Hbond substituents is 4. The molecule has 0 unspecified atom stereocenters. The second-order valence-electron chi connectivity index (χ2n) is 16.0. The van der Waals surface area contributed by atoms with E-state index >= 15 is 0 Å². The fraction of sp³-hybridized carbons (Fsp3) is 0.388. The normalized spacial score (nSPS) is 15.3. The molecule has 5 aromatic carbocycles. The number of benzene rings is 5. The molecule has 0 aliphatic heterocycles. The number of aryl methyl sites for hydroxylation is 4. The van der Waals surface area contributed by atoms with Crippen LogP contribution < -0.4 is 0 Å². The second-order valence-corrected chi connectivity index (χ2v) is 16.5. The first-order valence-corrected chi connectivity index (χ1v) is 20.3. The van der Waals surface area contributed by atoms with Crippen molar-refractivity contribution in [1.29, 1.82) is 0 Å². The number of halogens is 1. The van der Waals surface area contributed by atoms with Gasteiger partial charge < -0.3 is 20.4 Å². The molecule has 4 nitrogen and oxygen atoms in total. The topological polar surface area (TPSA) is 80.9 Å². The molecule has 2 saturated carbocycles. The highest BCUT2D eigenvalue weighted by Gasteiger charge is 2.24. The van der Waals surface area contributed by atoms with Crippen LogP contribution in [0.5, 0.6) is 23.0 Å². The highest BCUT2D eigenvalue weighted by molar-refractivity contribution is 6.30. The molecule has 0 radical (unpaired) electrons. The molecule has 4 N–H and O–H groups in total. The third kappa shape index (κ3) is 8.92. The van der Waals surface area contributed by atoms with E-state index in [1.807, 2.05) is 88.4 Å². The summed E-state index contributed by atoms with van der Waals surface area (Å²) < 4.78 is 0. The summed E-state index contributed by atoms with van der Waals surface area (Å²) in [6, 6.07) is 28.3. The van der Waals surface area contributed by atoms with E-state index in [-0.39, 0.29) is 11.8 Å². The molecule has 0 amide bonds. The predicted molar refractivity (Wildman–Crippen MR) is 223 cm³/mol. The Balaban J connectivity index is 0.000000185. The number of hydrogen-bond acceptors (Lipinski definition) is 4. The SMILES string of the molecule is CC(c1ccc(O)c(C2CCCCC2)c1)c1ccc(O)c(C2CCCCC2)c1.Cc1cc(C(c2ccc(Cl)cc2)c2cc(C)c(O)c(C)c2)cc(C)c1O. The summed E-state index contributed by atoms with van der Waals surface area (Å²) >= 11 is 6.08. The van der Waals surface area contributed by atoms with Gasteiger partial charge in [-0.25, -0.2) is 0 Å². The second kappa shape index (κ2) is 17.4. The zero-order valence-corrected chi connectivity index (χ0v) is 33.4. The van der Waals surface area contributed by atoms with Crippen LogP contribution in [0.2, 0.25) is 5.02 Å². The Morgan fingerprint density at radius 3 is 1.19 bits per heavy atom. The van der Waals surface area contributed by atoms with E-state index < -0.39 is 0 Å². The van der Waals surface area contributed by atoms with Crippen LogP contribution >= 0.6 is 11.6 Å². The highest BCUT2D eigenvalue weighted by atomic mass is 35.5. The molecule has 0 saturated heterocycles. The summed E-state index contributed by atoms with van der Waals surface area (Å²) in [6.45, 7) is 9.90. The van der Waals surface area contributed by atoms with Crippen LogP contribution in [0.15, 0.2) is 84.9 Å². The summed E-state index contributed by atoms with van der Waals surface area (Å²) in [5.41, 5.74) is 11.5. The fourth-order valence-electron chi connectivity index (χ4n) is 8.90. The van der Waals surface area contributed by atoms with Crippen LogP contribution in [0.3, 0.4) is 0 Å². The minimum Gasteiger partial charge on any atom is -0.508 e. The summed E-state index contributed by atoms with van der Waals surface area (Å²) in [5, 5.41) is 41.9. The van der Waals surface area contributed by atoms with E-state index in [1.165, 1.54) is 75.3 Å². The third-order valence-corrected chi connectivity index (χ3v) is 12.3. The van der Waals surface area contributed by atoms with Crippen molar-refractivity contribution < 1.29 is 20.4 Å². The van der Waals surface area contributed by atoms with Gasteiger partial charge >= 0.3 is 0 Å². The maximum atomic E-state index is 10.5. The Morgan fingerprint density at radius 1 is 0.463 bits per heavy atom. The lowest BCUT2D eigenvalue weighted by molar-refractivity contribution is 0.413. The van der Waals surface area contributed by atoms with Gasteiger partial charge in [-0.1, -0.05) is 118 Å². The molecule has 0 atom stereocenters. The van der Waals surface area contributed by atoms with Crippen molar-refractivity contribution in [2.24, 2.45) is 0 Å². The largest absolute Gasteiger partial charge is 0.508 e. The molecule has 2 aliphatic carbocycles. The highest BCUT2D eigenvalue weighted by Crippen LogP contribution is 2.42. The lowest BCUT2D eigenvalue weighted by atomic mass is 9.80. The van der Waals surface area contributed by atoms with E-state index in [2.05, 4.69) is 31.2 Å². The smallest absolute Gasteiger partial charge is 0.121 e. The average molecular weight is 745 g/mol. The van der Waals surface area contributed by atoms with Crippen LogP contribution in [0.1, 0.15) is 156 Å². The van der Waals surface area contributed by atoms with E-state index in [4.69, 9.17) is 11.6 Å². The Bertz CT molecular complexity index is 1880. The average Bonchev–Trinajstić information content (AvgIpc) is 3.18. The molecule has 0 bridgehead atoms. The first-order chi connectivity index (χ1) is 25.9. The molecule has 2 fully saturated rings. The molecule has 54 heavy (non-hydrogen) atoms. The third-order valence-electron chi connectivity index (χ3n) is 12.1. The number of rotatable bonds is 7. The van der Waals surface area contributed by atoms with Crippen LogP contribution in [-0.2, 0) is 0 Å². The van der Waals surface area contributed by atoms with Crippen molar-refractivity contribution in [3.8, 4) is 23.0 Å². The van der Waals surface area contributed by atoms with Gasteiger partial charge in [-0.2, -0.15) is 0 Å². The molecule has 5 aromatic rings. The van der Waals surface area contributed by atoms with Gasteiger partial charge in [0.2, 0.25) is 0 Å². The van der Waals surface area contributed by atoms with Crippen molar-refractivity contribution >= 4 is 11.6 Å². The summed E-state index contributed by atoms with van der Waals surface area (Å²) in [7, 11) is 0. The van der Waals surface area contributed by atoms with Gasteiger partial charge in [-0.05, 0) is 151 Å². The first-order valence-electron chi connectivity index (χ1n) is 19.9. The van der Waals surface area contributed by atoms with E-state index in [1.54, 1.807) is 0 Å². The molecular weight excluding hydrogens is 688 g/mol. The van der Waals surface area contributed by atoms with Crippen molar-refractivity contribution in [3.05, 3.63) is 151 Å². The Labute approximate surface area is 327 Å². The van der Waals surface area contributed by atoms with E-state index in [9.17, 15) is 20.4 Å². The molecule has 0 aromatic heterocycles. The number of hydrogen-bond donors (Lipinski definition) is 4. The lowest BCUT2D eigenvalue weighted by Gasteiger charge is -2.25. The quantitative estimate of drug-likeness (QED) is 0.125. The van der Waals surface area contributed by atoms with Gasteiger partial charge in [0.15, 0.2) is 0 Å². The van der Waals surface area contributed by atoms with Gasteiger partial charge in [0.05, 0.1) is 0 Å². The van der Waals surface area contributed by atoms with Crippen molar-refractivity contribution in [3.63, 3.8) is 0 Å². The molecule has 284 valence electrons.